The molecule has 2 amide bonds. The molecule has 0 atom stereocenters. The molecular formula is C18H20Cl2N2O2. The minimum absolute atomic E-state index is 0.356. The Hall–Kier alpha value is -1.91. The molecule has 4 nitrogen and oxygen atoms in total. The predicted molar refractivity (Wildman–Crippen MR) is 101 cm³/mol. The second-order valence-electron chi connectivity index (χ2n) is 5.29. The first-order valence-electron chi connectivity index (χ1n) is 7.84. The molecule has 0 saturated carbocycles. The van der Waals surface area contributed by atoms with Crippen LogP contribution in [0.25, 0.3) is 0 Å². The molecule has 0 aliphatic rings. The summed E-state index contributed by atoms with van der Waals surface area (Å²) in [6.45, 7) is 2.86. The van der Waals surface area contributed by atoms with Crippen LogP contribution in [0.5, 0.6) is 5.75 Å². The molecule has 0 bridgehead atoms. The Morgan fingerprint density at radius 3 is 2.29 bits per heavy atom. The first kappa shape index (κ1) is 18.4. The molecule has 24 heavy (non-hydrogen) atoms. The van der Waals surface area contributed by atoms with E-state index in [4.69, 9.17) is 27.9 Å². The van der Waals surface area contributed by atoms with Gasteiger partial charge in [0.05, 0.1) is 16.7 Å². The van der Waals surface area contributed by atoms with Crippen LogP contribution in [0, 0.1) is 0 Å². The Labute approximate surface area is 152 Å². The Kier molecular flexibility index (Phi) is 7.22. The molecule has 2 aromatic rings. The van der Waals surface area contributed by atoms with E-state index in [2.05, 4.69) is 17.6 Å². The summed E-state index contributed by atoms with van der Waals surface area (Å²) in [7, 11) is 0. The SMILES string of the molecule is CCCCCOc1ccc(NC(=O)Nc2ccc(Cl)c(Cl)c2)cc1. The summed E-state index contributed by atoms with van der Waals surface area (Å²) < 4.78 is 5.63. The molecule has 0 heterocycles. The van der Waals surface area contributed by atoms with Crippen molar-refractivity contribution in [2.24, 2.45) is 0 Å². The average molecular weight is 367 g/mol. The Bertz CT molecular complexity index is 675. The van der Waals surface area contributed by atoms with Gasteiger partial charge in [-0.2, -0.15) is 0 Å². The van der Waals surface area contributed by atoms with Gasteiger partial charge in [0.1, 0.15) is 5.75 Å². The number of nitrogens with one attached hydrogen (secondary N) is 2. The normalized spacial score (nSPS) is 10.3. The lowest BCUT2D eigenvalue weighted by Gasteiger charge is -2.10. The van der Waals surface area contributed by atoms with E-state index in [0.29, 0.717) is 28.0 Å². The van der Waals surface area contributed by atoms with E-state index in [0.717, 1.165) is 18.6 Å². The number of ether oxygens (including phenoxy) is 1. The van der Waals surface area contributed by atoms with E-state index in [1.54, 1.807) is 30.3 Å². The third-order valence-electron chi connectivity index (χ3n) is 3.31. The van der Waals surface area contributed by atoms with E-state index in [1.807, 2.05) is 12.1 Å². The molecule has 0 saturated heterocycles. The van der Waals surface area contributed by atoms with Crippen LogP contribution in [0.2, 0.25) is 10.0 Å². The summed E-state index contributed by atoms with van der Waals surface area (Å²) >= 11 is 11.8. The topological polar surface area (TPSA) is 50.4 Å². The number of halogens is 2. The van der Waals surface area contributed by atoms with Gasteiger partial charge in [-0.25, -0.2) is 4.79 Å². The number of urea groups is 1. The molecule has 128 valence electrons. The zero-order chi connectivity index (χ0) is 17.4. The van der Waals surface area contributed by atoms with Crippen molar-refractivity contribution in [2.75, 3.05) is 17.2 Å². The fraction of sp³-hybridized carbons (Fsp3) is 0.278. The van der Waals surface area contributed by atoms with Gasteiger partial charge in [-0.3, -0.25) is 0 Å². The van der Waals surface area contributed by atoms with E-state index < -0.39 is 0 Å². The summed E-state index contributed by atoms with van der Waals surface area (Å²) in [5.74, 6) is 0.793. The van der Waals surface area contributed by atoms with Crippen LogP contribution in [0.4, 0.5) is 16.2 Å². The number of hydrogen-bond acceptors (Lipinski definition) is 2. The highest BCUT2D eigenvalue weighted by Crippen LogP contribution is 2.25. The Morgan fingerprint density at radius 1 is 0.958 bits per heavy atom. The smallest absolute Gasteiger partial charge is 0.323 e. The molecular weight excluding hydrogens is 347 g/mol. The van der Waals surface area contributed by atoms with Crippen LogP contribution in [0.1, 0.15) is 26.2 Å². The molecule has 2 aromatic carbocycles. The second-order valence-corrected chi connectivity index (χ2v) is 6.10. The van der Waals surface area contributed by atoms with Crippen molar-refractivity contribution in [3.63, 3.8) is 0 Å². The summed E-state index contributed by atoms with van der Waals surface area (Å²) in [6, 6.07) is 11.8. The van der Waals surface area contributed by atoms with Crippen molar-refractivity contribution in [1.82, 2.24) is 0 Å². The monoisotopic (exact) mass is 366 g/mol. The number of anilines is 2. The van der Waals surface area contributed by atoms with Crippen molar-refractivity contribution in [3.8, 4) is 5.75 Å². The van der Waals surface area contributed by atoms with Crippen molar-refractivity contribution < 1.29 is 9.53 Å². The Balaban J connectivity index is 1.84. The van der Waals surface area contributed by atoms with Gasteiger partial charge in [0, 0.05) is 11.4 Å². The lowest BCUT2D eigenvalue weighted by molar-refractivity contribution is 0.262. The van der Waals surface area contributed by atoms with Gasteiger partial charge in [-0.05, 0) is 48.9 Å². The molecule has 2 N–H and O–H groups in total. The molecule has 0 aromatic heterocycles. The summed E-state index contributed by atoms with van der Waals surface area (Å²) in [5, 5.41) is 6.27. The first-order chi connectivity index (χ1) is 11.6. The van der Waals surface area contributed by atoms with Gasteiger partial charge < -0.3 is 15.4 Å². The zero-order valence-electron chi connectivity index (χ0n) is 13.4. The fourth-order valence-corrected chi connectivity index (χ4v) is 2.34. The third kappa shape index (κ3) is 5.95. The zero-order valence-corrected chi connectivity index (χ0v) is 15.0. The van der Waals surface area contributed by atoms with Gasteiger partial charge in [0.2, 0.25) is 0 Å². The van der Waals surface area contributed by atoms with Crippen molar-refractivity contribution in [2.45, 2.75) is 26.2 Å². The molecule has 0 fully saturated rings. The van der Waals surface area contributed by atoms with Crippen molar-refractivity contribution >= 4 is 40.6 Å². The maximum absolute atomic E-state index is 12.0. The van der Waals surface area contributed by atoms with E-state index >= 15 is 0 Å². The largest absolute Gasteiger partial charge is 0.494 e. The quantitative estimate of drug-likeness (QED) is 0.572. The Morgan fingerprint density at radius 2 is 1.62 bits per heavy atom. The number of rotatable bonds is 7. The maximum atomic E-state index is 12.0. The van der Waals surface area contributed by atoms with Crippen LogP contribution in [-0.4, -0.2) is 12.6 Å². The number of carbonyl (C=O) groups excluding carboxylic acids is 1. The summed E-state index contributed by atoms with van der Waals surface area (Å²) in [6.07, 6.45) is 3.37. The van der Waals surface area contributed by atoms with E-state index in [1.165, 1.54) is 6.42 Å². The molecule has 6 heteroatoms. The van der Waals surface area contributed by atoms with Gasteiger partial charge in [0.25, 0.3) is 0 Å². The van der Waals surface area contributed by atoms with Crippen LogP contribution >= 0.6 is 23.2 Å². The number of carbonyl (C=O) groups is 1. The highest BCUT2D eigenvalue weighted by molar-refractivity contribution is 6.42. The van der Waals surface area contributed by atoms with Crippen LogP contribution in [0.3, 0.4) is 0 Å². The van der Waals surface area contributed by atoms with Crippen LogP contribution in [-0.2, 0) is 0 Å². The molecule has 0 radical (unpaired) electrons. The molecule has 2 rings (SSSR count). The number of unbranched alkanes of at least 4 members (excludes halogenated alkanes) is 2. The summed E-state index contributed by atoms with van der Waals surface area (Å²) in [5.41, 5.74) is 1.24. The number of benzene rings is 2. The van der Waals surface area contributed by atoms with Crippen molar-refractivity contribution in [3.05, 3.63) is 52.5 Å². The van der Waals surface area contributed by atoms with Gasteiger partial charge in [0.15, 0.2) is 0 Å². The predicted octanol–water partition coefficient (Wildman–Crippen LogP) is 6.21. The average Bonchev–Trinajstić information content (AvgIpc) is 2.56. The van der Waals surface area contributed by atoms with Crippen LogP contribution in [0.15, 0.2) is 42.5 Å². The lowest BCUT2D eigenvalue weighted by atomic mass is 10.2. The highest BCUT2D eigenvalue weighted by atomic mass is 35.5. The van der Waals surface area contributed by atoms with Crippen molar-refractivity contribution in [1.29, 1.82) is 0 Å². The minimum Gasteiger partial charge on any atom is -0.494 e. The minimum atomic E-state index is -0.356. The van der Waals surface area contributed by atoms with E-state index in [-0.39, 0.29) is 6.03 Å². The molecule has 0 aliphatic heterocycles. The van der Waals surface area contributed by atoms with E-state index in [9.17, 15) is 4.79 Å². The number of amides is 2. The summed E-state index contributed by atoms with van der Waals surface area (Å²) in [4.78, 5) is 12.0. The fourth-order valence-electron chi connectivity index (χ4n) is 2.04. The lowest BCUT2D eigenvalue weighted by Crippen LogP contribution is -2.19. The standard InChI is InChI=1S/C18H20Cl2N2O2/c1-2-3-4-11-24-15-8-5-13(6-9-15)21-18(23)22-14-7-10-16(19)17(20)12-14/h5-10,12H,2-4,11H2,1H3,(H2,21,22,23). The maximum Gasteiger partial charge on any atom is 0.323 e. The molecule has 0 unspecified atom stereocenters. The van der Waals surface area contributed by atoms with Gasteiger partial charge >= 0.3 is 6.03 Å². The van der Waals surface area contributed by atoms with Gasteiger partial charge in [-0.15, -0.1) is 0 Å². The third-order valence-corrected chi connectivity index (χ3v) is 4.05. The van der Waals surface area contributed by atoms with Crippen LogP contribution < -0.4 is 15.4 Å². The second kappa shape index (κ2) is 9.40. The molecule has 0 aliphatic carbocycles. The highest BCUT2D eigenvalue weighted by Gasteiger charge is 2.05. The first-order valence-corrected chi connectivity index (χ1v) is 8.60. The number of hydrogen-bond donors (Lipinski definition) is 2. The van der Waals surface area contributed by atoms with Gasteiger partial charge in [-0.1, -0.05) is 43.0 Å². The molecule has 0 spiro atoms.